The molecule has 0 aromatic carbocycles. The summed E-state index contributed by atoms with van der Waals surface area (Å²) in [5, 5.41) is 3.31. The van der Waals surface area contributed by atoms with Crippen molar-refractivity contribution >= 4 is 17.9 Å². The van der Waals surface area contributed by atoms with Crippen molar-refractivity contribution in [3.05, 3.63) is 23.9 Å². The van der Waals surface area contributed by atoms with E-state index >= 15 is 0 Å². The van der Waals surface area contributed by atoms with Crippen molar-refractivity contribution in [1.82, 2.24) is 9.88 Å². The van der Waals surface area contributed by atoms with Crippen LogP contribution in [0.5, 0.6) is 0 Å². The first-order chi connectivity index (χ1) is 11.8. The molecular formula is C18H27N3O4. The second kappa shape index (κ2) is 8.18. The molecule has 1 aliphatic rings. The van der Waals surface area contributed by atoms with E-state index in [2.05, 4.69) is 10.3 Å². The van der Waals surface area contributed by atoms with Gasteiger partial charge in [-0.25, -0.2) is 14.6 Å². The highest BCUT2D eigenvalue weighted by atomic mass is 16.6. The molecule has 1 atom stereocenters. The van der Waals surface area contributed by atoms with Crippen LogP contribution < -0.4 is 5.32 Å². The predicted octanol–water partition coefficient (Wildman–Crippen LogP) is 3.07. The largest absolute Gasteiger partial charge is 0.462 e. The first kappa shape index (κ1) is 19.0. The molecule has 1 saturated heterocycles. The summed E-state index contributed by atoms with van der Waals surface area (Å²) in [7, 11) is 0. The van der Waals surface area contributed by atoms with E-state index in [9.17, 15) is 9.59 Å². The Kier molecular flexibility index (Phi) is 6.22. The predicted molar refractivity (Wildman–Crippen MR) is 94.6 cm³/mol. The maximum atomic E-state index is 12.2. The van der Waals surface area contributed by atoms with Crippen LogP contribution in [-0.2, 0) is 9.47 Å². The van der Waals surface area contributed by atoms with Gasteiger partial charge in [-0.2, -0.15) is 0 Å². The van der Waals surface area contributed by atoms with Gasteiger partial charge in [0.1, 0.15) is 11.4 Å². The average molecular weight is 349 g/mol. The Morgan fingerprint density at radius 3 is 2.72 bits per heavy atom. The summed E-state index contributed by atoms with van der Waals surface area (Å²) in [6.45, 7) is 8.94. The van der Waals surface area contributed by atoms with E-state index < -0.39 is 5.60 Å². The van der Waals surface area contributed by atoms with Gasteiger partial charge in [0.15, 0.2) is 0 Å². The highest BCUT2D eigenvalue weighted by Crippen LogP contribution is 2.18. The van der Waals surface area contributed by atoms with Gasteiger partial charge in [-0.05, 0) is 52.7 Å². The van der Waals surface area contributed by atoms with Crippen molar-refractivity contribution in [2.75, 3.05) is 25.0 Å². The topological polar surface area (TPSA) is 80.8 Å². The third kappa shape index (κ3) is 5.92. The molecule has 2 rings (SSSR count). The normalized spacial score (nSPS) is 17.8. The molecule has 1 amide bonds. The summed E-state index contributed by atoms with van der Waals surface area (Å²) in [6, 6.07) is 3.53. The van der Waals surface area contributed by atoms with Gasteiger partial charge in [0.25, 0.3) is 0 Å². The standard InChI is InChI=1S/C18H27N3O4/c1-5-24-16(22)13-8-9-15(19-11-13)20-14-7-6-10-21(12-14)17(23)25-18(2,3)4/h8-9,11,14H,5-7,10,12H2,1-4H3,(H,19,20). The molecule has 1 fully saturated rings. The fourth-order valence-corrected chi connectivity index (χ4v) is 2.61. The molecule has 1 aromatic rings. The number of hydrogen-bond acceptors (Lipinski definition) is 6. The number of rotatable bonds is 4. The van der Waals surface area contributed by atoms with E-state index in [-0.39, 0.29) is 18.1 Å². The van der Waals surface area contributed by atoms with E-state index in [0.717, 1.165) is 12.8 Å². The maximum absolute atomic E-state index is 12.2. The first-order valence-corrected chi connectivity index (χ1v) is 8.66. The number of esters is 1. The number of anilines is 1. The molecular weight excluding hydrogens is 322 g/mol. The molecule has 0 bridgehead atoms. The second-order valence-electron chi connectivity index (χ2n) is 7.06. The molecule has 0 radical (unpaired) electrons. The fourth-order valence-electron chi connectivity index (χ4n) is 2.61. The Balaban J connectivity index is 1.91. The van der Waals surface area contributed by atoms with Gasteiger partial charge in [0, 0.05) is 25.3 Å². The van der Waals surface area contributed by atoms with Gasteiger partial charge in [-0.15, -0.1) is 0 Å². The molecule has 1 aliphatic heterocycles. The van der Waals surface area contributed by atoms with Crippen LogP contribution in [0.25, 0.3) is 0 Å². The summed E-state index contributed by atoms with van der Waals surface area (Å²) >= 11 is 0. The van der Waals surface area contributed by atoms with Crippen LogP contribution in [0, 0.1) is 0 Å². The number of nitrogens with one attached hydrogen (secondary N) is 1. The van der Waals surface area contributed by atoms with Gasteiger partial charge in [0.2, 0.25) is 0 Å². The third-order valence-electron chi connectivity index (χ3n) is 3.70. The number of ether oxygens (including phenoxy) is 2. The van der Waals surface area contributed by atoms with Crippen LogP contribution in [0.4, 0.5) is 10.6 Å². The molecule has 0 aliphatic carbocycles. The van der Waals surface area contributed by atoms with Crippen molar-refractivity contribution in [1.29, 1.82) is 0 Å². The van der Waals surface area contributed by atoms with Crippen molar-refractivity contribution in [2.45, 2.75) is 52.2 Å². The van der Waals surface area contributed by atoms with Crippen LogP contribution in [0.3, 0.4) is 0 Å². The third-order valence-corrected chi connectivity index (χ3v) is 3.70. The Bertz CT molecular complexity index is 595. The minimum Gasteiger partial charge on any atom is -0.462 e. The fraction of sp³-hybridized carbons (Fsp3) is 0.611. The van der Waals surface area contributed by atoms with Crippen LogP contribution in [0.1, 0.15) is 50.9 Å². The van der Waals surface area contributed by atoms with Gasteiger partial charge in [-0.1, -0.05) is 0 Å². The Morgan fingerprint density at radius 2 is 2.12 bits per heavy atom. The molecule has 25 heavy (non-hydrogen) atoms. The molecule has 0 spiro atoms. The zero-order chi connectivity index (χ0) is 18.4. The van der Waals surface area contributed by atoms with E-state index in [4.69, 9.17) is 9.47 Å². The van der Waals surface area contributed by atoms with Gasteiger partial charge in [-0.3, -0.25) is 0 Å². The molecule has 138 valence electrons. The van der Waals surface area contributed by atoms with Gasteiger partial charge in [0.05, 0.1) is 12.2 Å². The number of carbonyl (C=O) groups excluding carboxylic acids is 2. The van der Waals surface area contributed by atoms with Crippen LogP contribution in [0.15, 0.2) is 18.3 Å². The second-order valence-corrected chi connectivity index (χ2v) is 7.06. The molecule has 7 heteroatoms. The summed E-state index contributed by atoms with van der Waals surface area (Å²) in [4.78, 5) is 29.8. The van der Waals surface area contributed by atoms with E-state index in [1.807, 2.05) is 20.8 Å². The summed E-state index contributed by atoms with van der Waals surface area (Å²) < 4.78 is 10.4. The Morgan fingerprint density at radius 1 is 1.36 bits per heavy atom. The van der Waals surface area contributed by atoms with Crippen LogP contribution in [-0.4, -0.2) is 53.3 Å². The number of pyridine rings is 1. The lowest BCUT2D eigenvalue weighted by molar-refractivity contribution is 0.0206. The maximum Gasteiger partial charge on any atom is 0.410 e. The number of likely N-dealkylation sites (tertiary alicyclic amines) is 1. The van der Waals surface area contributed by atoms with E-state index in [0.29, 0.717) is 31.1 Å². The monoisotopic (exact) mass is 349 g/mol. The Labute approximate surface area is 148 Å². The first-order valence-electron chi connectivity index (χ1n) is 8.66. The SMILES string of the molecule is CCOC(=O)c1ccc(NC2CCCN(C(=O)OC(C)(C)C)C2)nc1. The summed E-state index contributed by atoms with van der Waals surface area (Å²) in [6.07, 6.45) is 3.05. The lowest BCUT2D eigenvalue weighted by Crippen LogP contribution is -2.47. The number of hydrogen-bond donors (Lipinski definition) is 1. The van der Waals surface area contributed by atoms with Crippen LogP contribution in [0.2, 0.25) is 0 Å². The van der Waals surface area contributed by atoms with Crippen molar-refractivity contribution in [3.8, 4) is 0 Å². The zero-order valence-electron chi connectivity index (χ0n) is 15.4. The minimum atomic E-state index is -0.498. The van der Waals surface area contributed by atoms with Crippen molar-refractivity contribution in [3.63, 3.8) is 0 Å². The minimum absolute atomic E-state index is 0.0993. The van der Waals surface area contributed by atoms with Gasteiger partial charge < -0.3 is 19.7 Å². The van der Waals surface area contributed by atoms with Gasteiger partial charge >= 0.3 is 12.1 Å². The Hall–Kier alpha value is -2.31. The van der Waals surface area contributed by atoms with E-state index in [1.165, 1.54) is 6.20 Å². The summed E-state index contributed by atoms with van der Waals surface area (Å²) in [5.41, 5.74) is -0.0755. The molecule has 2 heterocycles. The average Bonchev–Trinajstić information content (AvgIpc) is 2.54. The summed E-state index contributed by atoms with van der Waals surface area (Å²) in [5.74, 6) is 0.291. The van der Waals surface area contributed by atoms with E-state index in [1.54, 1.807) is 24.0 Å². The lowest BCUT2D eigenvalue weighted by Gasteiger charge is -2.34. The number of aromatic nitrogens is 1. The number of amides is 1. The number of nitrogens with zero attached hydrogens (tertiary/aromatic N) is 2. The number of piperidine rings is 1. The van der Waals surface area contributed by atoms with Crippen molar-refractivity contribution in [2.24, 2.45) is 0 Å². The smallest absolute Gasteiger partial charge is 0.410 e. The molecule has 1 unspecified atom stereocenters. The molecule has 0 saturated carbocycles. The zero-order valence-corrected chi connectivity index (χ0v) is 15.4. The highest BCUT2D eigenvalue weighted by molar-refractivity contribution is 5.89. The highest BCUT2D eigenvalue weighted by Gasteiger charge is 2.27. The molecule has 1 N–H and O–H groups in total. The number of carbonyl (C=O) groups is 2. The molecule has 1 aromatic heterocycles. The molecule has 7 nitrogen and oxygen atoms in total. The van der Waals surface area contributed by atoms with Crippen LogP contribution >= 0.6 is 0 Å². The quantitative estimate of drug-likeness (QED) is 0.842. The van der Waals surface area contributed by atoms with Crippen molar-refractivity contribution < 1.29 is 19.1 Å². The lowest BCUT2D eigenvalue weighted by atomic mass is 10.1.